The number of aryl methyl sites for hydroxylation is 2. The highest BCUT2D eigenvalue weighted by molar-refractivity contribution is 7.86. The van der Waals surface area contributed by atoms with E-state index in [4.69, 9.17) is 10.8 Å². The number of nitrogens with two attached hydrogens (primary N) is 1. The van der Waals surface area contributed by atoms with Gasteiger partial charge in [0.1, 0.15) is 12.2 Å². The Balaban J connectivity index is 2.04. The predicted molar refractivity (Wildman–Crippen MR) is 102 cm³/mol. The summed E-state index contributed by atoms with van der Waals surface area (Å²) in [7, 11) is -2.33. The lowest BCUT2D eigenvalue weighted by Gasteiger charge is -2.10. The quantitative estimate of drug-likeness (QED) is 0.530. The van der Waals surface area contributed by atoms with Gasteiger partial charge in [-0.05, 0) is 13.0 Å². The van der Waals surface area contributed by atoms with E-state index >= 15 is 0 Å². The number of benzene rings is 2. The number of rotatable bonds is 6. The fourth-order valence-electron chi connectivity index (χ4n) is 2.85. The first kappa shape index (κ1) is 18.3. The van der Waals surface area contributed by atoms with E-state index in [1.165, 1.54) is 12.7 Å². The van der Waals surface area contributed by atoms with E-state index in [-0.39, 0.29) is 5.75 Å². The first-order valence-electron chi connectivity index (χ1n) is 8.35. The SMILES string of the molecule is COS(=O)(=O)CCC[n+]1nc(-c2ccc(C)cc2)c2ccccc2c1N. The molecule has 0 aliphatic rings. The minimum absolute atomic E-state index is 0.0791. The summed E-state index contributed by atoms with van der Waals surface area (Å²) in [4.78, 5) is 0. The van der Waals surface area contributed by atoms with Crippen LogP contribution >= 0.6 is 0 Å². The Morgan fingerprint density at radius 2 is 1.73 bits per heavy atom. The van der Waals surface area contributed by atoms with Crippen molar-refractivity contribution in [2.45, 2.75) is 19.9 Å². The van der Waals surface area contributed by atoms with Crippen molar-refractivity contribution in [2.24, 2.45) is 0 Å². The lowest BCUT2D eigenvalue weighted by molar-refractivity contribution is -0.738. The van der Waals surface area contributed by atoms with Crippen LogP contribution in [0.3, 0.4) is 0 Å². The first-order chi connectivity index (χ1) is 12.4. The van der Waals surface area contributed by atoms with Crippen LogP contribution in [0, 0.1) is 6.92 Å². The van der Waals surface area contributed by atoms with E-state index < -0.39 is 10.1 Å². The largest absolute Gasteiger partial charge is 0.301 e. The Morgan fingerprint density at radius 3 is 2.38 bits per heavy atom. The van der Waals surface area contributed by atoms with Gasteiger partial charge in [0.15, 0.2) is 0 Å². The highest BCUT2D eigenvalue weighted by Gasteiger charge is 2.18. The van der Waals surface area contributed by atoms with Crippen molar-refractivity contribution >= 4 is 26.7 Å². The van der Waals surface area contributed by atoms with Gasteiger partial charge < -0.3 is 0 Å². The van der Waals surface area contributed by atoms with Gasteiger partial charge in [-0.15, -0.1) is 4.68 Å². The third-order valence-electron chi connectivity index (χ3n) is 4.30. The Kier molecular flexibility index (Phi) is 5.20. The van der Waals surface area contributed by atoms with E-state index in [9.17, 15) is 8.42 Å². The molecule has 7 heteroatoms. The lowest BCUT2D eigenvalue weighted by Crippen LogP contribution is -2.42. The smallest absolute Gasteiger partial charge is 0.285 e. The predicted octanol–water partition coefficient (Wildman–Crippen LogP) is 2.45. The molecular weight excluding hydrogens is 350 g/mol. The summed E-state index contributed by atoms with van der Waals surface area (Å²) in [5.74, 6) is 0.441. The summed E-state index contributed by atoms with van der Waals surface area (Å²) < 4.78 is 29.2. The van der Waals surface area contributed by atoms with Gasteiger partial charge in [0.2, 0.25) is 0 Å². The number of nitrogens with zero attached hydrogens (tertiary/aromatic N) is 2. The van der Waals surface area contributed by atoms with Crippen molar-refractivity contribution < 1.29 is 17.3 Å². The molecule has 0 saturated carbocycles. The number of fused-ring (bicyclic) bond motifs is 1. The zero-order valence-electron chi connectivity index (χ0n) is 14.8. The molecule has 3 rings (SSSR count). The van der Waals surface area contributed by atoms with Crippen molar-refractivity contribution in [3.63, 3.8) is 0 Å². The molecule has 2 aromatic carbocycles. The molecule has 2 N–H and O–H groups in total. The molecule has 6 nitrogen and oxygen atoms in total. The molecule has 0 saturated heterocycles. The Hall–Kier alpha value is -2.51. The molecule has 0 unspecified atom stereocenters. The lowest BCUT2D eigenvalue weighted by atomic mass is 10.0. The van der Waals surface area contributed by atoms with Crippen LogP contribution in [-0.4, -0.2) is 26.4 Å². The third-order valence-corrected chi connectivity index (χ3v) is 5.60. The molecule has 0 fully saturated rings. The molecule has 0 bridgehead atoms. The van der Waals surface area contributed by atoms with Crippen molar-refractivity contribution in [2.75, 3.05) is 18.6 Å². The van der Waals surface area contributed by atoms with Crippen LogP contribution in [0.4, 0.5) is 5.82 Å². The second kappa shape index (κ2) is 7.39. The molecule has 0 aliphatic carbocycles. The fourth-order valence-corrected chi connectivity index (χ4v) is 3.50. The number of nitrogen functional groups attached to an aromatic ring is 1. The summed E-state index contributed by atoms with van der Waals surface area (Å²) in [6, 6.07) is 16.0. The average molecular weight is 372 g/mol. The van der Waals surface area contributed by atoms with Crippen molar-refractivity contribution in [3.05, 3.63) is 54.1 Å². The number of hydrogen-bond donors (Lipinski definition) is 1. The Labute approximate surface area is 153 Å². The molecule has 0 amide bonds. The molecule has 3 aromatic rings. The van der Waals surface area contributed by atoms with Crippen molar-refractivity contribution in [1.29, 1.82) is 0 Å². The zero-order valence-corrected chi connectivity index (χ0v) is 15.7. The van der Waals surface area contributed by atoms with Gasteiger partial charge in [0.05, 0.1) is 18.2 Å². The van der Waals surface area contributed by atoms with Gasteiger partial charge in [-0.1, -0.05) is 53.1 Å². The summed E-state index contributed by atoms with van der Waals surface area (Å²) in [5.41, 5.74) is 9.28. The van der Waals surface area contributed by atoms with Gasteiger partial charge in [0.25, 0.3) is 10.1 Å². The minimum Gasteiger partial charge on any atom is -0.285 e. The van der Waals surface area contributed by atoms with Crippen LogP contribution in [-0.2, 0) is 20.8 Å². The fraction of sp³-hybridized carbons (Fsp3) is 0.263. The molecular formula is C19H22N3O3S+. The highest BCUT2D eigenvalue weighted by Crippen LogP contribution is 2.28. The van der Waals surface area contributed by atoms with Gasteiger partial charge in [0, 0.05) is 17.4 Å². The van der Waals surface area contributed by atoms with Gasteiger partial charge in [-0.3, -0.25) is 9.92 Å². The van der Waals surface area contributed by atoms with Crippen LogP contribution in [0.1, 0.15) is 12.0 Å². The summed E-state index contributed by atoms with van der Waals surface area (Å²) in [5, 5.41) is 6.57. The molecule has 0 aliphatic heterocycles. The zero-order chi connectivity index (χ0) is 18.7. The standard InChI is InChI=1S/C19H21N3O3S/c1-14-8-10-15(11-9-14)18-16-6-3-4-7-17(16)19(20)22(21-18)12-5-13-26(23,24)25-2/h3-4,6-11,20H,5,12-13H2,1-2H3/p+1. The van der Waals surface area contributed by atoms with E-state index in [1.54, 1.807) is 4.68 Å². The van der Waals surface area contributed by atoms with E-state index in [2.05, 4.69) is 4.18 Å². The monoisotopic (exact) mass is 372 g/mol. The van der Waals surface area contributed by atoms with Crippen LogP contribution < -0.4 is 10.4 Å². The second-order valence-electron chi connectivity index (χ2n) is 6.15. The second-order valence-corrected chi connectivity index (χ2v) is 8.01. The number of anilines is 1. The van der Waals surface area contributed by atoms with E-state index in [0.29, 0.717) is 18.8 Å². The topological polar surface area (TPSA) is 86.2 Å². The molecule has 0 radical (unpaired) electrons. The van der Waals surface area contributed by atoms with Crippen LogP contribution in [0.25, 0.3) is 22.0 Å². The maximum absolute atomic E-state index is 11.5. The normalized spacial score (nSPS) is 11.8. The van der Waals surface area contributed by atoms with Crippen LogP contribution in [0.15, 0.2) is 48.5 Å². The maximum Gasteiger partial charge on any atom is 0.301 e. The van der Waals surface area contributed by atoms with Crippen LogP contribution in [0.5, 0.6) is 0 Å². The molecule has 1 aromatic heterocycles. The molecule has 1 heterocycles. The first-order valence-corrected chi connectivity index (χ1v) is 9.93. The minimum atomic E-state index is -3.49. The molecule has 0 spiro atoms. The third kappa shape index (κ3) is 3.84. The van der Waals surface area contributed by atoms with E-state index in [1.807, 2.05) is 55.5 Å². The Bertz CT molecular complexity index is 1030. The highest BCUT2D eigenvalue weighted by atomic mass is 32.2. The number of hydrogen-bond acceptors (Lipinski definition) is 5. The van der Waals surface area contributed by atoms with Crippen molar-refractivity contribution in [1.82, 2.24) is 5.10 Å². The van der Waals surface area contributed by atoms with Crippen molar-refractivity contribution in [3.8, 4) is 11.3 Å². The van der Waals surface area contributed by atoms with Gasteiger partial charge in [-0.2, -0.15) is 8.42 Å². The summed E-state index contributed by atoms with van der Waals surface area (Å²) in [6.07, 6.45) is 0.365. The van der Waals surface area contributed by atoms with E-state index in [0.717, 1.165) is 22.0 Å². The summed E-state index contributed by atoms with van der Waals surface area (Å²) in [6.45, 7) is 2.42. The maximum atomic E-state index is 11.5. The molecule has 0 atom stereocenters. The van der Waals surface area contributed by atoms with Crippen LogP contribution in [0.2, 0.25) is 0 Å². The Morgan fingerprint density at radius 1 is 1.08 bits per heavy atom. The molecule has 136 valence electrons. The van der Waals surface area contributed by atoms with Gasteiger partial charge >= 0.3 is 5.82 Å². The summed E-state index contributed by atoms with van der Waals surface area (Å²) >= 11 is 0. The molecule has 26 heavy (non-hydrogen) atoms. The average Bonchev–Trinajstić information content (AvgIpc) is 2.64. The van der Waals surface area contributed by atoms with Gasteiger partial charge in [-0.25, -0.2) is 0 Å². The number of aromatic nitrogens is 2.